The van der Waals surface area contributed by atoms with Gasteiger partial charge in [0.15, 0.2) is 0 Å². The van der Waals surface area contributed by atoms with Crippen LogP contribution in [0.5, 0.6) is 0 Å². The van der Waals surface area contributed by atoms with Crippen LogP contribution in [-0.2, 0) is 4.43 Å². The number of hydrogen-bond acceptors (Lipinski definition) is 1. The zero-order chi connectivity index (χ0) is 9.07. The van der Waals surface area contributed by atoms with E-state index in [1.54, 1.807) is 0 Å². The summed E-state index contributed by atoms with van der Waals surface area (Å²) >= 11 is 0. The summed E-state index contributed by atoms with van der Waals surface area (Å²) < 4.78 is 4.95. The second-order valence-corrected chi connectivity index (χ2v) is 3.64. The zero-order valence-corrected chi connectivity index (χ0v) is 10.5. The summed E-state index contributed by atoms with van der Waals surface area (Å²) in [4.78, 5) is 0. The molecule has 0 saturated carbocycles. The maximum atomic E-state index is 4.95. The van der Waals surface area contributed by atoms with Gasteiger partial charge in [0.1, 0.15) is 0 Å². The van der Waals surface area contributed by atoms with Crippen molar-refractivity contribution in [2.24, 2.45) is 0 Å². The quantitative estimate of drug-likeness (QED) is 0.321. The fourth-order valence-corrected chi connectivity index (χ4v) is 1.40. The number of allylic oxidation sites excluding steroid dienone is 1. The molecule has 0 radical (unpaired) electrons. The van der Waals surface area contributed by atoms with Crippen LogP contribution >= 0.6 is 0 Å². The summed E-state index contributed by atoms with van der Waals surface area (Å²) in [5.74, 6) is 0. The lowest BCUT2D eigenvalue weighted by Gasteiger charge is -1.97. The molecule has 0 aliphatic rings. The Balaban J connectivity index is 2.86. The van der Waals surface area contributed by atoms with Gasteiger partial charge in [-0.2, -0.15) is 0 Å². The molecule has 0 aromatic carbocycles. The SMILES string of the molecule is CCCCCCCCC=CO[SiH3]. The lowest BCUT2D eigenvalue weighted by molar-refractivity contribution is 0.529. The molecule has 0 saturated heterocycles. The van der Waals surface area contributed by atoms with Crippen molar-refractivity contribution in [2.75, 3.05) is 0 Å². The van der Waals surface area contributed by atoms with Crippen LogP contribution in [0, 0.1) is 0 Å². The van der Waals surface area contributed by atoms with E-state index in [1.165, 1.54) is 44.9 Å². The van der Waals surface area contributed by atoms with Crippen LogP contribution in [-0.4, -0.2) is 10.5 Å². The first-order valence-electron chi connectivity index (χ1n) is 5.09. The summed E-state index contributed by atoms with van der Waals surface area (Å²) in [6.45, 7) is 2.26. The van der Waals surface area contributed by atoms with Crippen LogP contribution in [0.1, 0.15) is 51.9 Å². The van der Waals surface area contributed by atoms with E-state index in [4.69, 9.17) is 4.43 Å². The average Bonchev–Trinajstić information content (AvgIpc) is 2.10. The van der Waals surface area contributed by atoms with Crippen LogP contribution in [0.3, 0.4) is 0 Å². The second kappa shape index (κ2) is 10.8. The third-order valence-electron chi connectivity index (χ3n) is 1.96. The summed E-state index contributed by atoms with van der Waals surface area (Å²) in [5.41, 5.74) is 0. The summed E-state index contributed by atoms with van der Waals surface area (Å²) in [6.07, 6.45) is 13.4. The van der Waals surface area contributed by atoms with Gasteiger partial charge in [0.05, 0.1) is 6.26 Å². The van der Waals surface area contributed by atoms with Crippen molar-refractivity contribution in [3.8, 4) is 0 Å². The minimum absolute atomic E-state index is 0.823. The first-order chi connectivity index (χ1) is 5.91. The van der Waals surface area contributed by atoms with E-state index in [1.807, 2.05) is 6.26 Å². The molecular weight excluding hydrogens is 164 g/mol. The van der Waals surface area contributed by atoms with E-state index in [-0.39, 0.29) is 0 Å². The van der Waals surface area contributed by atoms with Crippen molar-refractivity contribution in [3.63, 3.8) is 0 Å². The van der Waals surface area contributed by atoms with Crippen LogP contribution in [0.2, 0.25) is 0 Å². The molecule has 0 aromatic heterocycles. The molecule has 0 rings (SSSR count). The van der Waals surface area contributed by atoms with Crippen LogP contribution in [0.25, 0.3) is 0 Å². The van der Waals surface area contributed by atoms with Gasteiger partial charge >= 0.3 is 0 Å². The Kier molecular flexibility index (Phi) is 10.5. The molecule has 0 atom stereocenters. The molecule has 0 aliphatic heterocycles. The van der Waals surface area contributed by atoms with E-state index in [0.29, 0.717) is 0 Å². The van der Waals surface area contributed by atoms with Gasteiger partial charge in [-0.05, 0) is 12.8 Å². The van der Waals surface area contributed by atoms with Gasteiger partial charge < -0.3 is 4.43 Å². The lowest BCUT2D eigenvalue weighted by atomic mass is 10.1. The molecule has 0 spiro atoms. The molecule has 1 nitrogen and oxygen atoms in total. The van der Waals surface area contributed by atoms with Crippen molar-refractivity contribution in [1.29, 1.82) is 0 Å². The highest BCUT2D eigenvalue weighted by molar-refractivity contribution is 5.98. The largest absolute Gasteiger partial charge is 0.559 e. The highest BCUT2D eigenvalue weighted by Crippen LogP contribution is 2.06. The zero-order valence-electron chi connectivity index (χ0n) is 8.51. The number of hydrogen-bond donors (Lipinski definition) is 0. The topological polar surface area (TPSA) is 9.23 Å². The highest BCUT2D eigenvalue weighted by atomic mass is 28.2. The molecule has 0 unspecified atom stereocenters. The molecule has 0 aliphatic carbocycles. The molecule has 0 N–H and O–H groups in total. The minimum Gasteiger partial charge on any atom is -0.559 e. The normalized spacial score (nSPS) is 11.1. The van der Waals surface area contributed by atoms with Gasteiger partial charge in [-0.1, -0.05) is 45.1 Å². The maximum Gasteiger partial charge on any atom is 0.203 e. The van der Waals surface area contributed by atoms with Crippen LogP contribution in [0.4, 0.5) is 0 Å². The van der Waals surface area contributed by atoms with E-state index >= 15 is 0 Å². The Morgan fingerprint density at radius 3 is 2.42 bits per heavy atom. The predicted octanol–water partition coefficient (Wildman–Crippen LogP) is 2.55. The Labute approximate surface area is 79.7 Å². The van der Waals surface area contributed by atoms with E-state index in [2.05, 4.69) is 13.0 Å². The lowest BCUT2D eigenvalue weighted by Crippen LogP contribution is -1.77. The van der Waals surface area contributed by atoms with Gasteiger partial charge in [0.25, 0.3) is 0 Å². The first-order valence-corrected chi connectivity index (χ1v) is 5.91. The van der Waals surface area contributed by atoms with Crippen LogP contribution < -0.4 is 0 Å². The van der Waals surface area contributed by atoms with Gasteiger partial charge in [-0.15, -0.1) is 0 Å². The molecule has 0 bridgehead atoms. The van der Waals surface area contributed by atoms with Gasteiger partial charge in [-0.25, -0.2) is 0 Å². The van der Waals surface area contributed by atoms with Crippen molar-refractivity contribution in [2.45, 2.75) is 51.9 Å². The molecule has 2 heteroatoms. The minimum atomic E-state index is 0.823. The van der Waals surface area contributed by atoms with Crippen molar-refractivity contribution in [3.05, 3.63) is 12.3 Å². The molecular formula is C10H22OSi. The molecule has 0 amide bonds. The Bertz CT molecular complexity index is 102. The molecule has 72 valence electrons. The monoisotopic (exact) mass is 186 g/mol. The molecule has 0 aromatic rings. The summed E-state index contributed by atoms with van der Waals surface area (Å²) in [6, 6.07) is 0. The third kappa shape index (κ3) is 9.76. The van der Waals surface area contributed by atoms with E-state index in [0.717, 1.165) is 10.5 Å². The van der Waals surface area contributed by atoms with Gasteiger partial charge in [-0.3, -0.25) is 0 Å². The van der Waals surface area contributed by atoms with Crippen molar-refractivity contribution >= 4 is 10.5 Å². The van der Waals surface area contributed by atoms with E-state index in [9.17, 15) is 0 Å². The molecule has 0 heterocycles. The second-order valence-electron chi connectivity index (χ2n) is 3.16. The molecule has 12 heavy (non-hydrogen) atoms. The Morgan fingerprint density at radius 1 is 1.08 bits per heavy atom. The maximum absolute atomic E-state index is 4.95. The first kappa shape index (κ1) is 11.8. The summed E-state index contributed by atoms with van der Waals surface area (Å²) in [5, 5.41) is 0. The van der Waals surface area contributed by atoms with E-state index < -0.39 is 0 Å². The Morgan fingerprint density at radius 2 is 1.75 bits per heavy atom. The highest BCUT2D eigenvalue weighted by Gasteiger charge is 1.87. The van der Waals surface area contributed by atoms with Gasteiger partial charge in [0.2, 0.25) is 10.5 Å². The predicted molar refractivity (Wildman–Crippen MR) is 58.2 cm³/mol. The Hall–Kier alpha value is -0.243. The fourth-order valence-electron chi connectivity index (χ4n) is 1.21. The number of unbranched alkanes of at least 4 members (excludes halogenated alkanes) is 6. The van der Waals surface area contributed by atoms with Crippen molar-refractivity contribution in [1.82, 2.24) is 0 Å². The van der Waals surface area contributed by atoms with Crippen LogP contribution in [0.15, 0.2) is 12.3 Å². The number of rotatable bonds is 8. The standard InChI is InChI=1S/C10H22OSi/c1-2-3-4-5-6-7-8-9-10-11-12/h9-10H,2-8H2,1,12H3. The molecule has 0 fully saturated rings. The van der Waals surface area contributed by atoms with Gasteiger partial charge in [0, 0.05) is 0 Å². The van der Waals surface area contributed by atoms with Crippen molar-refractivity contribution < 1.29 is 4.43 Å². The smallest absolute Gasteiger partial charge is 0.203 e. The third-order valence-corrected chi connectivity index (χ3v) is 2.23. The summed E-state index contributed by atoms with van der Waals surface area (Å²) in [7, 11) is 0.823. The fraction of sp³-hybridized carbons (Fsp3) is 0.800. The average molecular weight is 186 g/mol.